The van der Waals surface area contributed by atoms with Gasteiger partial charge in [0.05, 0.1) is 7.11 Å². The van der Waals surface area contributed by atoms with E-state index in [1.54, 1.807) is 25.3 Å². The first-order chi connectivity index (χ1) is 10.2. The van der Waals surface area contributed by atoms with E-state index in [0.717, 1.165) is 11.3 Å². The van der Waals surface area contributed by atoms with Gasteiger partial charge in [-0.15, -0.1) is 0 Å². The lowest BCUT2D eigenvalue weighted by atomic mass is 10.1. The average Bonchev–Trinajstić information content (AvgIpc) is 2.53. The molecule has 2 N–H and O–H groups in total. The number of anilines is 1. The van der Waals surface area contributed by atoms with Crippen molar-refractivity contribution in [2.45, 2.75) is 6.54 Å². The molecule has 0 bridgehead atoms. The lowest BCUT2D eigenvalue weighted by molar-refractivity contribution is 0.0950. The van der Waals surface area contributed by atoms with Crippen LogP contribution in [-0.2, 0) is 6.54 Å². The van der Waals surface area contributed by atoms with Crippen molar-refractivity contribution in [3.8, 4) is 5.75 Å². The third-order valence-corrected chi connectivity index (χ3v) is 3.51. The van der Waals surface area contributed by atoms with E-state index in [-0.39, 0.29) is 5.91 Å². The van der Waals surface area contributed by atoms with Crippen molar-refractivity contribution in [2.75, 3.05) is 19.5 Å². The van der Waals surface area contributed by atoms with Crippen LogP contribution in [0.1, 0.15) is 15.9 Å². The van der Waals surface area contributed by atoms with Gasteiger partial charge in [0.25, 0.3) is 5.91 Å². The first kappa shape index (κ1) is 15.2. The first-order valence-corrected chi connectivity index (χ1v) is 6.91. The van der Waals surface area contributed by atoms with Crippen molar-refractivity contribution in [1.82, 2.24) is 5.32 Å². The number of benzene rings is 2. The van der Waals surface area contributed by atoms with Gasteiger partial charge in [-0.05, 0) is 36.4 Å². The van der Waals surface area contributed by atoms with Crippen molar-refractivity contribution >= 4 is 23.2 Å². The van der Waals surface area contributed by atoms with Crippen LogP contribution in [0.4, 0.5) is 5.69 Å². The van der Waals surface area contributed by atoms with Gasteiger partial charge in [0.2, 0.25) is 0 Å². The minimum Gasteiger partial charge on any atom is -0.496 e. The molecule has 0 saturated heterocycles. The van der Waals surface area contributed by atoms with E-state index in [9.17, 15) is 4.79 Å². The van der Waals surface area contributed by atoms with Crippen molar-refractivity contribution in [2.24, 2.45) is 0 Å². The van der Waals surface area contributed by atoms with E-state index >= 15 is 0 Å². The maximum atomic E-state index is 12.1. The van der Waals surface area contributed by atoms with Crippen molar-refractivity contribution in [3.63, 3.8) is 0 Å². The molecule has 4 nitrogen and oxygen atoms in total. The topological polar surface area (TPSA) is 50.4 Å². The number of methoxy groups -OCH3 is 1. The third kappa shape index (κ3) is 3.67. The van der Waals surface area contributed by atoms with Crippen LogP contribution in [-0.4, -0.2) is 20.1 Å². The summed E-state index contributed by atoms with van der Waals surface area (Å²) in [5, 5.41) is 6.42. The second-order valence-corrected chi connectivity index (χ2v) is 4.84. The molecule has 0 saturated carbocycles. The molecule has 0 aromatic heterocycles. The number of hydrogen-bond donors (Lipinski definition) is 2. The molecule has 1 amide bonds. The molecule has 110 valence electrons. The van der Waals surface area contributed by atoms with Crippen LogP contribution in [0.2, 0.25) is 5.02 Å². The predicted octanol–water partition coefficient (Wildman–Crippen LogP) is 3.32. The number of amides is 1. The Morgan fingerprint density at radius 2 is 1.90 bits per heavy atom. The quantitative estimate of drug-likeness (QED) is 0.891. The summed E-state index contributed by atoms with van der Waals surface area (Å²) < 4.78 is 5.25. The summed E-state index contributed by atoms with van der Waals surface area (Å²) in [7, 11) is 3.41. The Balaban J connectivity index is 2.07. The Kier molecular flexibility index (Phi) is 5.06. The van der Waals surface area contributed by atoms with Crippen LogP contribution in [0.15, 0.2) is 42.5 Å². The maximum Gasteiger partial charge on any atom is 0.251 e. The Hall–Kier alpha value is -2.20. The van der Waals surface area contributed by atoms with Gasteiger partial charge in [0.1, 0.15) is 5.75 Å². The summed E-state index contributed by atoms with van der Waals surface area (Å²) in [6, 6.07) is 12.6. The number of nitrogens with one attached hydrogen (secondary N) is 2. The molecule has 2 aromatic rings. The SMILES string of the molecule is CNc1ccc(C(=O)NCc2c(Cl)cccc2OC)cc1. The number of hydrogen-bond acceptors (Lipinski definition) is 3. The highest BCUT2D eigenvalue weighted by Crippen LogP contribution is 2.25. The molecule has 0 radical (unpaired) electrons. The van der Waals surface area contributed by atoms with Gasteiger partial charge in [-0.2, -0.15) is 0 Å². The molecule has 2 aromatic carbocycles. The molecule has 0 fully saturated rings. The van der Waals surface area contributed by atoms with E-state index in [1.165, 1.54) is 0 Å². The van der Waals surface area contributed by atoms with Gasteiger partial charge in [-0.25, -0.2) is 0 Å². The Morgan fingerprint density at radius 1 is 1.19 bits per heavy atom. The van der Waals surface area contributed by atoms with Crippen LogP contribution in [0, 0.1) is 0 Å². The van der Waals surface area contributed by atoms with Gasteiger partial charge >= 0.3 is 0 Å². The van der Waals surface area contributed by atoms with E-state index in [2.05, 4.69) is 10.6 Å². The third-order valence-electron chi connectivity index (χ3n) is 3.16. The summed E-state index contributed by atoms with van der Waals surface area (Å²) in [5.41, 5.74) is 2.32. The molecule has 0 aliphatic carbocycles. The fourth-order valence-corrected chi connectivity index (χ4v) is 2.19. The molecular weight excluding hydrogens is 288 g/mol. The van der Waals surface area contributed by atoms with Gasteiger partial charge in [0.15, 0.2) is 0 Å². The molecule has 21 heavy (non-hydrogen) atoms. The lowest BCUT2D eigenvalue weighted by Gasteiger charge is -2.11. The van der Waals surface area contributed by atoms with E-state index in [0.29, 0.717) is 22.9 Å². The Morgan fingerprint density at radius 3 is 2.52 bits per heavy atom. The smallest absolute Gasteiger partial charge is 0.251 e. The molecule has 0 unspecified atom stereocenters. The van der Waals surface area contributed by atoms with Crippen molar-refractivity contribution in [1.29, 1.82) is 0 Å². The Labute approximate surface area is 129 Å². The highest BCUT2D eigenvalue weighted by molar-refractivity contribution is 6.31. The number of halogens is 1. The van der Waals surface area contributed by atoms with Gasteiger partial charge < -0.3 is 15.4 Å². The fourth-order valence-electron chi connectivity index (χ4n) is 1.96. The van der Waals surface area contributed by atoms with E-state index < -0.39 is 0 Å². The van der Waals surface area contributed by atoms with Crippen LogP contribution in [0.5, 0.6) is 5.75 Å². The van der Waals surface area contributed by atoms with E-state index in [4.69, 9.17) is 16.3 Å². The molecular formula is C16H17ClN2O2. The maximum absolute atomic E-state index is 12.1. The highest BCUT2D eigenvalue weighted by Gasteiger charge is 2.10. The normalized spacial score (nSPS) is 10.0. The van der Waals surface area contributed by atoms with Crippen molar-refractivity contribution < 1.29 is 9.53 Å². The fraction of sp³-hybridized carbons (Fsp3) is 0.188. The molecule has 0 aliphatic heterocycles. The molecule has 0 heterocycles. The van der Waals surface area contributed by atoms with Crippen molar-refractivity contribution in [3.05, 3.63) is 58.6 Å². The molecule has 0 spiro atoms. The summed E-state index contributed by atoms with van der Waals surface area (Å²) in [6.45, 7) is 0.315. The zero-order valence-electron chi connectivity index (χ0n) is 11.9. The number of rotatable bonds is 5. The largest absolute Gasteiger partial charge is 0.496 e. The van der Waals surface area contributed by atoms with Crippen LogP contribution in [0.3, 0.4) is 0 Å². The van der Waals surface area contributed by atoms with Gasteiger partial charge in [0, 0.05) is 35.4 Å². The molecule has 0 aliphatic rings. The van der Waals surface area contributed by atoms with Gasteiger partial charge in [-0.3, -0.25) is 4.79 Å². The van der Waals surface area contributed by atoms with Gasteiger partial charge in [-0.1, -0.05) is 17.7 Å². The molecule has 2 rings (SSSR count). The minimum atomic E-state index is -0.153. The monoisotopic (exact) mass is 304 g/mol. The zero-order chi connectivity index (χ0) is 15.2. The van der Waals surface area contributed by atoms with Crippen LogP contribution >= 0.6 is 11.6 Å². The average molecular weight is 305 g/mol. The minimum absolute atomic E-state index is 0.153. The Bertz CT molecular complexity index is 627. The number of carbonyl (C=O) groups is 1. The van der Waals surface area contributed by atoms with Crippen LogP contribution < -0.4 is 15.4 Å². The summed E-state index contributed by atoms with van der Waals surface area (Å²) in [6.07, 6.45) is 0. The predicted molar refractivity (Wildman–Crippen MR) is 85.2 cm³/mol. The summed E-state index contributed by atoms with van der Waals surface area (Å²) in [4.78, 5) is 12.1. The van der Waals surface area contributed by atoms with E-state index in [1.807, 2.05) is 31.3 Å². The molecule has 5 heteroatoms. The zero-order valence-corrected chi connectivity index (χ0v) is 12.7. The number of carbonyl (C=O) groups excluding carboxylic acids is 1. The second-order valence-electron chi connectivity index (χ2n) is 4.43. The standard InChI is InChI=1S/C16H17ClN2O2/c1-18-12-8-6-11(7-9-12)16(20)19-10-13-14(17)4-3-5-15(13)21-2/h3-9,18H,10H2,1-2H3,(H,19,20). The first-order valence-electron chi connectivity index (χ1n) is 6.53. The number of ether oxygens (including phenoxy) is 1. The molecule has 0 atom stereocenters. The van der Waals surface area contributed by atoms with Crippen LogP contribution in [0.25, 0.3) is 0 Å². The summed E-state index contributed by atoms with van der Waals surface area (Å²) in [5.74, 6) is 0.507. The summed E-state index contributed by atoms with van der Waals surface area (Å²) >= 11 is 6.14. The highest BCUT2D eigenvalue weighted by atomic mass is 35.5. The lowest BCUT2D eigenvalue weighted by Crippen LogP contribution is -2.23. The second kappa shape index (κ2) is 6.99.